The summed E-state index contributed by atoms with van der Waals surface area (Å²) in [6.45, 7) is -0.0294. The summed E-state index contributed by atoms with van der Waals surface area (Å²) in [5, 5.41) is 40.1. The molecule has 5 heteroatoms. The molecule has 3 atom stereocenters. The molecule has 0 aromatic heterocycles. The molecule has 1 aliphatic carbocycles. The van der Waals surface area contributed by atoms with Crippen molar-refractivity contribution in [2.24, 2.45) is 5.92 Å². The fraction of sp³-hybridized carbons (Fsp3) is 0.667. The van der Waals surface area contributed by atoms with Crippen LogP contribution in [-0.2, 0) is 6.42 Å². The van der Waals surface area contributed by atoms with Crippen LogP contribution in [0.4, 0.5) is 0 Å². The van der Waals surface area contributed by atoms with E-state index in [0.29, 0.717) is 31.4 Å². The molecule has 3 unspecified atom stereocenters. The number of aryl methyl sites for hydroxylation is 1. The molecule has 0 saturated heterocycles. The van der Waals surface area contributed by atoms with Crippen molar-refractivity contribution in [3.63, 3.8) is 0 Å². The molecule has 1 aromatic rings. The molecule has 130 valence electrons. The molecule has 0 radical (unpaired) electrons. The van der Waals surface area contributed by atoms with E-state index in [9.17, 15) is 20.4 Å². The van der Waals surface area contributed by atoms with E-state index in [0.717, 1.165) is 24.8 Å². The summed E-state index contributed by atoms with van der Waals surface area (Å²) < 4.78 is 5.08. The normalized spacial score (nSPS) is 26.0. The maximum atomic E-state index is 10.7. The predicted octanol–water partition coefficient (Wildman–Crippen LogP) is 2.00. The number of methoxy groups -OCH3 is 1. The lowest BCUT2D eigenvalue weighted by Crippen LogP contribution is -2.45. The summed E-state index contributed by atoms with van der Waals surface area (Å²) in [4.78, 5) is 0. The van der Waals surface area contributed by atoms with E-state index in [1.165, 1.54) is 7.11 Å². The van der Waals surface area contributed by atoms with Crippen LogP contribution in [0, 0.1) is 5.92 Å². The molecule has 0 aliphatic heterocycles. The van der Waals surface area contributed by atoms with Gasteiger partial charge in [0.2, 0.25) is 0 Å². The topological polar surface area (TPSA) is 90.2 Å². The van der Waals surface area contributed by atoms with E-state index in [2.05, 4.69) is 0 Å². The number of ether oxygens (including phenoxy) is 1. The van der Waals surface area contributed by atoms with Gasteiger partial charge in [0.05, 0.1) is 18.8 Å². The number of aromatic hydroxyl groups is 1. The summed E-state index contributed by atoms with van der Waals surface area (Å²) in [5.41, 5.74) is 0.00652. The van der Waals surface area contributed by atoms with Crippen LogP contribution < -0.4 is 4.74 Å². The van der Waals surface area contributed by atoms with Gasteiger partial charge in [-0.3, -0.25) is 0 Å². The Balaban J connectivity index is 1.90. The molecule has 0 amide bonds. The van der Waals surface area contributed by atoms with Crippen molar-refractivity contribution in [1.82, 2.24) is 0 Å². The minimum Gasteiger partial charge on any atom is -0.504 e. The van der Waals surface area contributed by atoms with E-state index >= 15 is 0 Å². The van der Waals surface area contributed by atoms with Crippen molar-refractivity contribution in [3.8, 4) is 11.5 Å². The zero-order valence-electron chi connectivity index (χ0n) is 13.7. The highest BCUT2D eigenvalue weighted by atomic mass is 16.5. The van der Waals surface area contributed by atoms with Gasteiger partial charge in [0.25, 0.3) is 0 Å². The van der Waals surface area contributed by atoms with Gasteiger partial charge in [0.15, 0.2) is 11.5 Å². The Hall–Kier alpha value is -1.30. The SMILES string of the molecule is COc1cc(CCC(O)CC2(O)CCCCC2CO)ccc1O. The van der Waals surface area contributed by atoms with Gasteiger partial charge in [-0.2, -0.15) is 0 Å². The lowest BCUT2D eigenvalue weighted by Gasteiger charge is -2.40. The van der Waals surface area contributed by atoms with E-state index in [4.69, 9.17) is 4.74 Å². The van der Waals surface area contributed by atoms with Gasteiger partial charge >= 0.3 is 0 Å². The summed E-state index contributed by atoms with van der Waals surface area (Å²) in [7, 11) is 1.50. The van der Waals surface area contributed by atoms with Gasteiger partial charge in [-0.1, -0.05) is 18.9 Å². The quantitative estimate of drug-likeness (QED) is 0.616. The monoisotopic (exact) mass is 324 g/mol. The number of rotatable bonds is 7. The predicted molar refractivity (Wildman–Crippen MR) is 87.6 cm³/mol. The molecule has 0 bridgehead atoms. The van der Waals surface area contributed by atoms with Crippen molar-refractivity contribution in [2.45, 2.75) is 56.7 Å². The van der Waals surface area contributed by atoms with Crippen LogP contribution in [0.15, 0.2) is 18.2 Å². The van der Waals surface area contributed by atoms with Gasteiger partial charge in [-0.05, 0) is 43.4 Å². The molecule has 5 nitrogen and oxygen atoms in total. The fourth-order valence-electron chi connectivity index (χ4n) is 3.55. The molecular weight excluding hydrogens is 296 g/mol. The number of hydrogen-bond donors (Lipinski definition) is 4. The zero-order chi connectivity index (χ0) is 16.9. The standard InChI is InChI=1S/C18H28O5/c1-23-17-10-13(6-8-16(17)21)5-7-15(20)11-18(22)9-3-2-4-14(18)12-19/h6,8,10,14-15,19-22H,2-5,7,9,11-12H2,1H3. The Morgan fingerprint density at radius 3 is 2.83 bits per heavy atom. The Morgan fingerprint density at radius 2 is 2.13 bits per heavy atom. The summed E-state index contributed by atoms with van der Waals surface area (Å²) in [5.74, 6) is 0.377. The lowest BCUT2D eigenvalue weighted by atomic mass is 9.72. The number of phenolic OH excluding ortho intramolecular Hbond substituents is 1. The largest absolute Gasteiger partial charge is 0.504 e. The van der Waals surface area contributed by atoms with Crippen LogP contribution in [0.1, 0.15) is 44.1 Å². The van der Waals surface area contributed by atoms with Crippen molar-refractivity contribution < 1.29 is 25.2 Å². The third-order valence-corrected chi connectivity index (χ3v) is 4.99. The number of aliphatic hydroxyl groups excluding tert-OH is 2. The molecule has 0 spiro atoms. The average molecular weight is 324 g/mol. The van der Waals surface area contributed by atoms with Crippen molar-refractivity contribution in [3.05, 3.63) is 23.8 Å². The second-order valence-electron chi connectivity index (χ2n) is 6.63. The van der Waals surface area contributed by atoms with Crippen LogP contribution in [0.5, 0.6) is 11.5 Å². The molecule has 1 aromatic carbocycles. The van der Waals surface area contributed by atoms with Crippen LogP contribution in [0.3, 0.4) is 0 Å². The first-order valence-corrected chi connectivity index (χ1v) is 8.35. The second-order valence-corrected chi connectivity index (χ2v) is 6.63. The minimum absolute atomic E-state index is 0.0294. The third-order valence-electron chi connectivity index (χ3n) is 4.99. The molecule has 0 heterocycles. The van der Waals surface area contributed by atoms with Crippen LogP contribution >= 0.6 is 0 Å². The van der Waals surface area contributed by atoms with E-state index < -0.39 is 11.7 Å². The van der Waals surface area contributed by atoms with E-state index in [1.54, 1.807) is 18.2 Å². The van der Waals surface area contributed by atoms with Gasteiger partial charge in [0, 0.05) is 18.9 Å². The van der Waals surface area contributed by atoms with Gasteiger partial charge < -0.3 is 25.2 Å². The Bertz CT molecular complexity index is 504. The first-order valence-electron chi connectivity index (χ1n) is 8.35. The second kappa shape index (κ2) is 7.99. The molecule has 1 fully saturated rings. The molecule has 23 heavy (non-hydrogen) atoms. The van der Waals surface area contributed by atoms with Crippen molar-refractivity contribution in [1.29, 1.82) is 0 Å². The Morgan fingerprint density at radius 1 is 1.35 bits per heavy atom. The van der Waals surface area contributed by atoms with Crippen molar-refractivity contribution in [2.75, 3.05) is 13.7 Å². The first kappa shape index (κ1) is 18.0. The smallest absolute Gasteiger partial charge is 0.160 e. The Labute approximate surface area is 137 Å². The highest BCUT2D eigenvalue weighted by Crippen LogP contribution is 2.37. The summed E-state index contributed by atoms with van der Waals surface area (Å²) in [6.07, 6.45) is 4.26. The average Bonchev–Trinajstić information content (AvgIpc) is 2.54. The van der Waals surface area contributed by atoms with Crippen LogP contribution in [-0.4, -0.2) is 45.8 Å². The molecule has 2 rings (SSSR count). The maximum Gasteiger partial charge on any atom is 0.160 e. The summed E-state index contributed by atoms with van der Waals surface area (Å²) in [6, 6.07) is 5.14. The Kier molecular flexibility index (Phi) is 6.27. The number of benzene rings is 1. The molecular formula is C18H28O5. The lowest BCUT2D eigenvalue weighted by molar-refractivity contribution is -0.0947. The zero-order valence-corrected chi connectivity index (χ0v) is 13.7. The number of aliphatic hydroxyl groups is 3. The first-order chi connectivity index (χ1) is 11.0. The van der Waals surface area contributed by atoms with Crippen molar-refractivity contribution >= 4 is 0 Å². The highest BCUT2D eigenvalue weighted by molar-refractivity contribution is 5.41. The number of hydrogen-bond acceptors (Lipinski definition) is 5. The van der Waals surface area contributed by atoms with Crippen LogP contribution in [0.2, 0.25) is 0 Å². The third kappa shape index (κ3) is 4.59. The summed E-state index contributed by atoms with van der Waals surface area (Å²) >= 11 is 0. The van der Waals surface area contributed by atoms with Gasteiger partial charge in [0.1, 0.15) is 0 Å². The van der Waals surface area contributed by atoms with Crippen LogP contribution in [0.25, 0.3) is 0 Å². The fourth-order valence-corrected chi connectivity index (χ4v) is 3.55. The number of phenols is 1. The van der Waals surface area contributed by atoms with Gasteiger partial charge in [-0.25, -0.2) is 0 Å². The molecule has 4 N–H and O–H groups in total. The van der Waals surface area contributed by atoms with E-state index in [1.807, 2.05) is 0 Å². The minimum atomic E-state index is -0.959. The maximum absolute atomic E-state index is 10.7. The van der Waals surface area contributed by atoms with E-state index in [-0.39, 0.29) is 18.3 Å². The molecule has 1 aliphatic rings. The highest BCUT2D eigenvalue weighted by Gasteiger charge is 2.39. The van der Waals surface area contributed by atoms with Gasteiger partial charge in [-0.15, -0.1) is 0 Å². The molecule has 1 saturated carbocycles.